The molecule has 0 radical (unpaired) electrons. The van der Waals surface area contributed by atoms with E-state index in [0.717, 1.165) is 39.4 Å². The van der Waals surface area contributed by atoms with Crippen molar-refractivity contribution >= 4 is 116 Å². The quantitative estimate of drug-likeness (QED) is 0.0603. The second-order valence-corrected chi connectivity index (χ2v) is 38.6. The first-order valence-electron chi connectivity index (χ1n) is 46.0. The molecule has 0 saturated carbocycles. The predicted molar refractivity (Wildman–Crippen MR) is 561 cm³/mol. The maximum Gasteiger partial charge on any atom is 0.179 e. The second-order valence-electron chi connectivity index (χ2n) is 34.8. The molecule has 0 aliphatic heterocycles. The minimum Gasteiger partial charge on any atom is -0.309 e. The molecule has 0 aliphatic rings. The van der Waals surface area contributed by atoms with Crippen LogP contribution >= 0.6 is 0 Å². The molecule has 0 spiro atoms. The van der Waals surface area contributed by atoms with E-state index in [1.165, 1.54) is 158 Å². The van der Waals surface area contributed by atoms with Gasteiger partial charge in [0.05, 0.1) is 66.3 Å². The molecule has 133 heavy (non-hydrogen) atoms. The van der Waals surface area contributed by atoms with Gasteiger partial charge in [-0.1, -0.05) is 449 Å². The second kappa shape index (κ2) is 33.6. The Bertz CT molecular complexity index is 8260. The van der Waals surface area contributed by atoms with Gasteiger partial charge in [-0.2, -0.15) is 0 Å². The standard InChI is InChI=1S/C73H52N2Si.C55H38N2/c1-7-27-54(28-8-1)73(55-29-9-2-10-30-55,56-31-11-3-12-32-56)57-33-25-26-53(50-57)63-40-19-22-43-68(63)75-70-45-24-21-42-65(70)67-51-58(46-49-71(67)75)74-69-44-23-20-41-64(69)66-48-47-62(52-72(66)74)76(59-34-13-4-14-35-59,60-36-15-5-16-37-60)61-38-17-6-18-39-61;1-4-20-40(21-5-1)55(41-22-6-2-7-23-41,42-24-8-3-9-25-42)43-26-18-19-39(37-43)45-27-10-14-31-50(45)57-53-34-17-13-30-48(53)49-38-44(35-36-54(49)57)56-51-32-15-11-28-46(51)47-29-12-16-33-52(47)56/h1-52H;1-38H. The Kier molecular flexibility index (Phi) is 20.1. The number of hydrogen-bond donors (Lipinski definition) is 0. The van der Waals surface area contributed by atoms with Crippen molar-refractivity contribution in [2.45, 2.75) is 10.8 Å². The molecule has 0 N–H and O–H groups in total. The third kappa shape index (κ3) is 13.1. The van der Waals surface area contributed by atoms with Crippen LogP contribution in [0.25, 0.3) is 132 Å². The zero-order valence-electron chi connectivity index (χ0n) is 73.3. The first-order chi connectivity index (χ1) is 66.0. The predicted octanol–water partition coefficient (Wildman–Crippen LogP) is 29.2. The number of hydrogen-bond acceptors (Lipinski definition) is 0. The van der Waals surface area contributed by atoms with Gasteiger partial charge in [0.15, 0.2) is 8.07 Å². The smallest absolute Gasteiger partial charge is 0.179 e. The van der Waals surface area contributed by atoms with Gasteiger partial charge < -0.3 is 18.3 Å². The van der Waals surface area contributed by atoms with E-state index >= 15 is 0 Å². The molecular weight excluding hydrogens is 1620 g/mol. The van der Waals surface area contributed by atoms with Crippen LogP contribution in [-0.4, -0.2) is 26.3 Å². The lowest BCUT2D eigenvalue weighted by Gasteiger charge is -2.37. The summed E-state index contributed by atoms with van der Waals surface area (Å²) in [6, 6.07) is 201. The Balaban J connectivity index is 0.000000152. The van der Waals surface area contributed by atoms with Crippen molar-refractivity contribution in [3.8, 4) is 45.0 Å². The highest BCUT2D eigenvalue weighted by Gasteiger charge is 2.44. The van der Waals surface area contributed by atoms with Crippen LogP contribution in [0.5, 0.6) is 0 Å². The molecule has 0 unspecified atom stereocenters. The zero-order valence-corrected chi connectivity index (χ0v) is 74.3. The van der Waals surface area contributed by atoms with Crippen molar-refractivity contribution in [3.05, 3.63) is 590 Å². The van der Waals surface area contributed by atoms with Crippen LogP contribution in [0.4, 0.5) is 0 Å². The van der Waals surface area contributed by atoms with Gasteiger partial charge in [0, 0.05) is 65.6 Å². The molecule has 4 heterocycles. The van der Waals surface area contributed by atoms with Crippen LogP contribution in [0, 0.1) is 0 Å². The van der Waals surface area contributed by atoms with Gasteiger partial charge in [-0.15, -0.1) is 0 Å². The summed E-state index contributed by atoms with van der Waals surface area (Å²) in [5, 5.41) is 15.3. The molecule has 0 fully saturated rings. The van der Waals surface area contributed by atoms with Crippen LogP contribution in [0.3, 0.4) is 0 Å². The van der Waals surface area contributed by atoms with Crippen LogP contribution in [-0.2, 0) is 10.8 Å². The zero-order chi connectivity index (χ0) is 88.2. The highest BCUT2D eigenvalue weighted by atomic mass is 28.3. The lowest BCUT2D eigenvalue weighted by molar-refractivity contribution is 0.745. The van der Waals surface area contributed by atoms with E-state index in [1.54, 1.807) is 0 Å². The third-order valence-electron chi connectivity index (χ3n) is 27.9. The van der Waals surface area contributed by atoms with Gasteiger partial charge in [-0.3, -0.25) is 0 Å². The van der Waals surface area contributed by atoms with Crippen molar-refractivity contribution in [1.82, 2.24) is 18.3 Å². The fourth-order valence-corrected chi connectivity index (χ4v) is 27.0. The lowest BCUT2D eigenvalue weighted by Crippen LogP contribution is -2.74. The van der Waals surface area contributed by atoms with Gasteiger partial charge in [-0.25, -0.2) is 0 Å². The fourth-order valence-electron chi connectivity index (χ4n) is 22.3. The van der Waals surface area contributed by atoms with Crippen molar-refractivity contribution in [2.75, 3.05) is 0 Å². The number of benzene rings is 21. The monoisotopic (exact) mass is 1710 g/mol. The molecular formula is C128H90N4Si. The van der Waals surface area contributed by atoms with E-state index in [2.05, 4.69) is 564 Å². The van der Waals surface area contributed by atoms with E-state index in [-0.39, 0.29) is 0 Å². The number of aromatic nitrogens is 4. The molecule has 4 nitrogen and oxygen atoms in total. The van der Waals surface area contributed by atoms with E-state index in [1.807, 2.05) is 0 Å². The minimum absolute atomic E-state index is 0.537. The first kappa shape index (κ1) is 79.4. The number of para-hydroxylation sites is 7. The molecule has 21 aromatic carbocycles. The Morgan fingerprint density at radius 3 is 0.722 bits per heavy atom. The third-order valence-corrected chi connectivity index (χ3v) is 32.7. The van der Waals surface area contributed by atoms with E-state index in [0.29, 0.717) is 0 Å². The van der Waals surface area contributed by atoms with Crippen LogP contribution in [0.1, 0.15) is 44.5 Å². The van der Waals surface area contributed by atoms with Crippen LogP contribution < -0.4 is 20.7 Å². The summed E-state index contributed by atoms with van der Waals surface area (Å²) in [7, 11) is -2.82. The summed E-state index contributed by atoms with van der Waals surface area (Å²) in [5.74, 6) is 0. The normalized spacial score (nSPS) is 11.9. The van der Waals surface area contributed by atoms with Gasteiger partial charge >= 0.3 is 0 Å². The highest BCUT2D eigenvalue weighted by Crippen LogP contribution is 2.50. The lowest BCUT2D eigenvalue weighted by atomic mass is 9.65. The Hall–Kier alpha value is -17.0. The number of fused-ring (bicyclic) bond motifs is 12. The van der Waals surface area contributed by atoms with E-state index in [4.69, 9.17) is 0 Å². The van der Waals surface area contributed by atoms with Gasteiger partial charge in [0.2, 0.25) is 0 Å². The summed E-state index contributed by atoms with van der Waals surface area (Å²) in [6.45, 7) is 0. The molecule has 25 aromatic rings. The van der Waals surface area contributed by atoms with E-state index < -0.39 is 18.9 Å². The minimum atomic E-state index is -2.82. The SMILES string of the molecule is c1ccc(C(c2ccccc2)(c2ccccc2)c2cccc(-c3ccccc3-n3c4ccccc4c4cc(-n5c6ccccc6c6ccc([Si](c7ccccc7)(c7ccccc7)c7ccccc7)cc65)ccc43)c2)cc1.c1ccc(C(c2ccccc2)(c2ccccc2)c2cccc(-c3ccccc3-n3c4ccccc4c4cc(-n5c6ccccc6c6ccccc65)ccc43)c2)cc1. The molecule has 0 saturated heterocycles. The van der Waals surface area contributed by atoms with Crippen molar-refractivity contribution in [1.29, 1.82) is 0 Å². The summed E-state index contributed by atoms with van der Waals surface area (Å²) >= 11 is 0. The summed E-state index contributed by atoms with van der Waals surface area (Å²) in [6.07, 6.45) is 0. The maximum atomic E-state index is 2.52. The Labute approximate surface area is 775 Å². The van der Waals surface area contributed by atoms with Crippen molar-refractivity contribution in [2.24, 2.45) is 0 Å². The fraction of sp³-hybridized carbons (Fsp3) is 0.0156. The van der Waals surface area contributed by atoms with E-state index in [9.17, 15) is 0 Å². The molecule has 5 heteroatoms. The Morgan fingerprint density at radius 1 is 0.143 bits per heavy atom. The molecule has 4 aromatic heterocycles. The number of nitrogens with zero attached hydrogens (tertiary/aromatic N) is 4. The van der Waals surface area contributed by atoms with Gasteiger partial charge in [0.25, 0.3) is 0 Å². The average molecular weight is 1710 g/mol. The summed E-state index contributed by atoms with van der Waals surface area (Å²) in [4.78, 5) is 0. The maximum absolute atomic E-state index is 2.82. The Morgan fingerprint density at radius 2 is 0.391 bits per heavy atom. The molecule has 0 aliphatic carbocycles. The highest BCUT2D eigenvalue weighted by molar-refractivity contribution is 7.20. The molecule has 0 bridgehead atoms. The average Bonchev–Trinajstić information content (AvgIpc) is 1.54. The van der Waals surface area contributed by atoms with Crippen LogP contribution in [0.2, 0.25) is 0 Å². The molecule has 0 amide bonds. The van der Waals surface area contributed by atoms with Crippen molar-refractivity contribution < 1.29 is 0 Å². The molecule has 626 valence electrons. The summed E-state index contributed by atoms with van der Waals surface area (Å²) in [5.41, 5.74) is 27.4. The van der Waals surface area contributed by atoms with Gasteiger partial charge in [0.1, 0.15) is 0 Å². The first-order valence-corrected chi connectivity index (χ1v) is 48.0. The molecule has 0 atom stereocenters. The van der Waals surface area contributed by atoms with Crippen LogP contribution in [0.15, 0.2) is 546 Å². The topological polar surface area (TPSA) is 19.7 Å². The molecule has 25 rings (SSSR count). The number of rotatable bonds is 18. The summed E-state index contributed by atoms with van der Waals surface area (Å²) < 4.78 is 9.87. The largest absolute Gasteiger partial charge is 0.309 e. The van der Waals surface area contributed by atoms with Crippen molar-refractivity contribution in [3.63, 3.8) is 0 Å². The van der Waals surface area contributed by atoms with Gasteiger partial charge in [-0.05, 0) is 173 Å².